The number of benzene rings is 3. The zero-order valence-corrected chi connectivity index (χ0v) is 24.2. The maximum atomic E-state index is 12.4. The third-order valence-electron chi connectivity index (χ3n) is 6.82. The van der Waals surface area contributed by atoms with Gasteiger partial charge in [-0.1, -0.05) is 71.1 Å². The summed E-state index contributed by atoms with van der Waals surface area (Å²) in [5.41, 5.74) is 9.04. The minimum Gasteiger partial charge on any atom is -0.481 e. The van der Waals surface area contributed by atoms with Crippen molar-refractivity contribution in [1.29, 1.82) is 0 Å². The average Bonchev–Trinajstić information content (AvgIpc) is 2.93. The fourth-order valence-corrected chi connectivity index (χ4v) is 5.29. The number of rotatable bonds is 9. The topological polar surface area (TPSA) is 135 Å². The van der Waals surface area contributed by atoms with Crippen LogP contribution < -0.4 is 5.73 Å². The number of hydrogen-bond donors (Lipinski definition) is 3. The normalized spacial score (nSPS) is 13.2. The number of ketones is 2. The highest BCUT2D eigenvalue weighted by molar-refractivity contribution is 9.10. The first-order valence-corrected chi connectivity index (χ1v) is 14.2. The van der Waals surface area contributed by atoms with Gasteiger partial charge in [-0.15, -0.1) is 0 Å². The van der Waals surface area contributed by atoms with Crippen LogP contribution in [0.25, 0.3) is 0 Å². The molecule has 0 spiro atoms. The number of carboxylic acids is 2. The van der Waals surface area contributed by atoms with Gasteiger partial charge in [0.25, 0.3) is 0 Å². The molecule has 4 rings (SSSR count). The van der Waals surface area contributed by atoms with Gasteiger partial charge < -0.3 is 15.9 Å². The van der Waals surface area contributed by atoms with Crippen LogP contribution in [0.3, 0.4) is 0 Å². The number of carboxylic acid groups (broad SMARTS) is 2. The van der Waals surface area contributed by atoms with E-state index in [0.29, 0.717) is 33.2 Å². The Balaban J connectivity index is 0.000000220. The second-order valence-corrected chi connectivity index (χ2v) is 11.0. The Morgan fingerprint density at radius 3 is 2.10 bits per heavy atom. The van der Waals surface area contributed by atoms with E-state index >= 15 is 0 Å². The lowest BCUT2D eigenvalue weighted by Gasteiger charge is -2.23. The van der Waals surface area contributed by atoms with Crippen molar-refractivity contribution in [3.05, 3.63) is 98.0 Å². The van der Waals surface area contributed by atoms with Crippen molar-refractivity contribution in [3.63, 3.8) is 0 Å². The predicted octanol–water partition coefficient (Wildman–Crippen LogP) is 7.32. The van der Waals surface area contributed by atoms with Crippen molar-refractivity contribution in [2.75, 3.05) is 5.73 Å². The lowest BCUT2D eigenvalue weighted by Crippen LogP contribution is -2.10. The summed E-state index contributed by atoms with van der Waals surface area (Å²) in [7, 11) is 0. The number of para-hydroxylation sites is 1. The number of nitrogen functional groups attached to an aromatic ring is 1. The Bertz CT molecular complexity index is 1380. The molecule has 0 atom stereocenters. The third-order valence-corrected chi connectivity index (χ3v) is 7.68. The molecule has 4 N–H and O–H groups in total. The zero-order valence-electron chi connectivity index (χ0n) is 21.9. The maximum Gasteiger partial charge on any atom is 0.307 e. The lowest BCUT2D eigenvalue weighted by atomic mass is 9.83. The van der Waals surface area contributed by atoms with Gasteiger partial charge in [-0.3, -0.25) is 19.2 Å². The standard InChI is InChI=1S/C16H19ClO3.C15H12BrNO3/c17-14-10-12(15(18)8-9-16(19)20)6-7-13(14)11-4-2-1-3-5-11;16-11-6-4-9(5-7-11)15(20)12-3-1-2-10(14(12)17)8-13(18)19/h6-7,10-11H,1-5,8-9H2,(H,19,20);1-7H,8,17H2,(H,18,19). The van der Waals surface area contributed by atoms with Crippen molar-refractivity contribution >= 4 is 56.7 Å². The second kappa shape index (κ2) is 14.8. The molecule has 0 saturated heterocycles. The quantitative estimate of drug-likeness (QED) is 0.167. The number of aliphatic carboxylic acids is 2. The van der Waals surface area contributed by atoms with E-state index < -0.39 is 11.9 Å². The van der Waals surface area contributed by atoms with Crippen molar-refractivity contribution in [3.8, 4) is 0 Å². The summed E-state index contributed by atoms with van der Waals surface area (Å²) in [4.78, 5) is 45.5. The summed E-state index contributed by atoms with van der Waals surface area (Å²) in [5, 5.41) is 18.1. The van der Waals surface area contributed by atoms with Crippen LogP contribution in [-0.4, -0.2) is 33.7 Å². The smallest absolute Gasteiger partial charge is 0.307 e. The Labute approximate surface area is 246 Å². The molecular weight excluding hydrogens is 598 g/mol. The highest BCUT2D eigenvalue weighted by Gasteiger charge is 2.19. The van der Waals surface area contributed by atoms with E-state index in [1.165, 1.54) is 19.3 Å². The molecule has 40 heavy (non-hydrogen) atoms. The maximum absolute atomic E-state index is 12.4. The molecular formula is C31H31BrClNO6. The van der Waals surface area contributed by atoms with Gasteiger partial charge in [0.05, 0.1) is 12.8 Å². The monoisotopic (exact) mass is 627 g/mol. The first kappa shape index (κ1) is 31.0. The summed E-state index contributed by atoms with van der Waals surface area (Å²) >= 11 is 9.60. The molecule has 1 saturated carbocycles. The molecule has 1 fully saturated rings. The van der Waals surface area contributed by atoms with Gasteiger partial charge in [0.15, 0.2) is 11.6 Å². The predicted molar refractivity (Wildman–Crippen MR) is 158 cm³/mol. The molecule has 3 aromatic carbocycles. The fraction of sp³-hybridized carbons (Fsp3) is 0.290. The average molecular weight is 629 g/mol. The Hall–Kier alpha value is -3.49. The Morgan fingerprint density at radius 2 is 1.50 bits per heavy atom. The molecule has 0 unspecified atom stereocenters. The SMILES string of the molecule is Nc1c(CC(=O)O)cccc1C(=O)c1ccc(Br)cc1.O=C(O)CCC(=O)c1ccc(C2CCCCC2)c(Cl)c1. The highest BCUT2D eigenvalue weighted by Crippen LogP contribution is 2.36. The molecule has 0 heterocycles. The van der Waals surface area contributed by atoms with Crippen LogP contribution in [0, 0.1) is 0 Å². The third kappa shape index (κ3) is 8.76. The highest BCUT2D eigenvalue weighted by atomic mass is 79.9. The molecule has 9 heteroatoms. The summed E-state index contributed by atoms with van der Waals surface area (Å²) in [6.45, 7) is 0. The number of halogens is 2. The number of carbonyl (C=O) groups is 4. The van der Waals surface area contributed by atoms with Gasteiger partial charge in [-0.2, -0.15) is 0 Å². The van der Waals surface area contributed by atoms with E-state index in [-0.39, 0.29) is 36.5 Å². The molecule has 0 aromatic heterocycles. The molecule has 3 aromatic rings. The van der Waals surface area contributed by atoms with Crippen LogP contribution in [0.5, 0.6) is 0 Å². The van der Waals surface area contributed by atoms with E-state index in [2.05, 4.69) is 15.9 Å². The number of Topliss-reactive ketones (excluding diaryl/α,β-unsaturated/α-hetero) is 1. The van der Waals surface area contributed by atoms with Gasteiger partial charge >= 0.3 is 11.9 Å². The van der Waals surface area contributed by atoms with Crippen LogP contribution in [0.15, 0.2) is 65.1 Å². The zero-order chi connectivity index (χ0) is 29.2. The number of nitrogens with two attached hydrogens (primary N) is 1. The minimum atomic E-state index is -0.982. The van der Waals surface area contributed by atoms with Gasteiger partial charge in [0.1, 0.15) is 0 Å². The van der Waals surface area contributed by atoms with E-state index in [1.54, 1.807) is 54.6 Å². The number of anilines is 1. The second-order valence-electron chi connectivity index (χ2n) is 9.67. The van der Waals surface area contributed by atoms with E-state index in [4.69, 9.17) is 27.5 Å². The summed E-state index contributed by atoms with van der Waals surface area (Å²) < 4.78 is 0.877. The van der Waals surface area contributed by atoms with Crippen LogP contribution in [0.2, 0.25) is 5.02 Å². The largest absolute Gasteiger partial charge is 0.481 e. The summed E-state index contributed by atoms with van der Waals surface area (Å²) in [6, 6.07) is 17.2. The summed E-state index contributed by atoms with van der Waals surface area (Å²) in [5.74, 6) is -1.82. The first-order chi connectivity index (χ1) is 19.1. The molecule has 0 amide bonds. The fourth-order valence-electron chi connectivity index (χ4n) is 4.69. The van der Waals surface area contributed by atoms with E-state index in [1.807, 2.05) is 6.07 Å². The van der Waals surface area contributed by atoms with Crippen molar-refractivity contribution in [1.82, 2.24) is 0 Å². The van der Waals surface area contributed by atoms with Crippen LogP contribution >= 0.6 is 27.5 Å². The Kier molecular flexibility index (Phi) is 11.5. The summed E-state index contributed by atoms with van der Waals surface area (Å²) in [6.07, 6.45) is 5.76. The molecule has 0 aliphatic heterocycles. The van der Waals surface area contributed by atoms with Gasteiger partial charge in [0.2, 0.25) is 0 Å². The van der Waals surface area contributed by atoms with Crippen molar-refractivity contribution in [2.24, 2.45) is 0 Å². The van der Waals surface area contributed by atoms with Crippen LogP contribution in [-0.2, 0) is 16.0 Å². The van der Waals surface area contributed by atoms with Gasteiger partial charge in [0, 0.05) is 38.3 Å². The van der Waals surface area contributed by atoms with Crippen LogP contribution in [0.1, 0.15) is 88.3 Å². The minimum absolute atomic E-state index is 0.0223. The number of carbonyl (C=O) groups excluding carboxylic acids is 2. The van der Waals surface area contributed by atoms with Crippen LogP contribution in [0.4, 0.5) is 5.69 Å². The van der Waals surface area contributed by atoms with Crippen molar-refractivity contribution < 1.29 is 29.4 Å². The molecule has 1 aliphatic rings. The molecule has 0 bridgehead atoms. The first-order valence-electron chi connectivity index (χ1n) is 13.0. The van der Waals surface area contributed by atoms with Crippen molar-refractivity contribution in [2.45, 2.75) is 57.3 Å². The molecule has 0 radical (unpaired) electrons. The van der Waals surface area contributed by atoms with E-state index in [9.17, 15) is 19.2 Å². The molecule has 1 aliphatic carbocycles. The lowest BCUT2D eigenvalue weighted by molar-refractivity contribution is -0.137. The van der Waals surface area contributed by atoms with Gasteiger partial charge in [-0.25, -0.2) is 0 Å². The Morgan fingerprint density at radius 1 is 0.850 bits per heavy atom. The molecule has 7 nitrogen and oxygen atoms in total. The molecule has 210 valence electrons. The van der Waals surface area contributed by atoms with Gasteiger partial charge in [-0.05, 0) is 66.3 Å². The number of hydrogen-bond acceptors (Lipinski definition) is 5. The van der Waals surface area contributed by atoms with E-state index in [0.717, 1.165) is 22.9 Å².